The Morgan fingerprint density at radius 2 is 1.95 bits per heavy atom. The lowest BCUT2D eigenvalue weighted by Gasteiger charge is -2.13. The maximum Gasteiger partial charge on any atom is 0.150 e. The molecule has 2 aromatic rings. The molecule has 100 valence electrons. The summed E-state index contributed by atoms with van der Waals surface area (Å²) in [6.45, 7) is 5.01. The van der Waals surface area contributed by atoms with Gasteiger partial charge >= 0.3 is 0 Å². The number of hydrogen-bond acceptors (Lipinski definition) is 3. The number of ether oxygens (including phenoxy) is 1. The number of nitrogens with one attached hydrogen (secondary N) is 1. The van der Waals surface area contributed by atoms with Crippen molar-refractivity contribution < 1.29 is 4.74 Å². The third-order valence-electron chi connectivity index (χ3n) is 2.61. The number of pyridine rings is 1. The van der Waals surface area contributed by atoms with E-state index in [4.69, 9.17) is 4.74 Å². The highest BCUT2D eigenvalue weighted by Crippen LogP contribution is 2.25. The number of nitrogens with zero attached hydrogens (tertiary/aromatic N) is 1. The molecule has 0 atom stereocenters. The zero-order chi connectivity index (χ0) is 13.7. The maximum atomic E-state index is 5.87. The monoisotopic (exact) mass is 320 g/mol. The van der Waals surface area contributed by atoms with Crippen LogP contribution in [-0.4, -0.2) is 11.0 Å². The van der Waals surface area contributed by atoms with E-state index < -0.39 is 0 Å². The Balaban J connectivity index is 2.13. The van der Waals surface area contributed by atoms with E-state index in [1.165, 1.54) is 0 Å². The molecule has 0 bridgehead atoms. The first-order valence-corrected chi connectivity index (χ1v) is 7.04. The molecule has 0 aliphatic heterocycles. The third kappa shape index (κ3) is 4.33. The van der Waals surface area contributed by atoms with Crippen LogP contribution < -0.4 is 10.1 Å². The molecular weight excluding hydrogens is 304 g/mol. The Bertz CT molecular complexity index is 526. The zero-order valence-corrected chi connectivity index (χ0v) is 12.6. The molecule has 0 aliphatic carbocycles. The van der Waals surface area contributed by atoms with Gasteiger partial charge in [-0.25, -0.2) is 0 Å². The molecule has 0 saturated carbocycles. The second kappa shape index (κ2) is 6.68. The van der Waals surface area contributed by atoms with Crippen LogP contribution in [-0.2, 0) is 6.54 Å². The van der Waals surface area contributed by atoms with Crippen LogP contribution in [0.3, 0.4) is 0 Å². The zero-order valence-electron chi connectivity index (χ0n) is 11.1. The smallest absolute Gasteiger partial charge is 0.150 e. The van der Waals surface area contributed by atoms with Crippen molar-refractivity contribution in [2.24, 2.45) is 0 Å². The number of halogens is 1. The summed E-state index contributed by atoms with van der Waals surface area (Å²) in [5, 5.41) is 3.38. The predicted molar refractivity (Wildman–Crippen MR) is 80.4 cm³/mol. The van der Waals surface area contributed by atoms with Crippen LogP contribution in [0.4, 0.5) is 0 Å². The van der Waals surface area contributed by atoms with Crippen molar-refractivity contribution in [2.45, 2.75) is 26.4 Å². The van der Waals surface area contributed by atoms with E-state index in [0.29, 0.717) is 6.04 Å². The first-order valence-electron chi connectivity index (χ1n) is 6.25. The van der Waals surface area contributed by atoms with E-state index in [-0.39, 0.29) is 0 Å². The summed E-state index contributed by atoms with van der Waals surface area (Å²) < 4.78 is 6.91. The van der Waals surface area contributed by atoms with Gasteiger partial charge in [-0.05, 0) is 30.3 Å². The van der Waals surface area contributed by atoms with Crippen LogP contribution in [0.1, 0.15) is 19.4 Å². The molecule has 0 aliphatic rings. The Hall–Kier alpha value is -1.39. The van der Waals surface area contributed by atoms with Crippen molar-refractivity contribution in [3.63, 3.8) is 0 Å². The van der Waals surface area contributed by atoms with Gasteiger partial charge in [-0.1, -0.05) is 29.8 Å². The molecule has 1 aromatic carbocycles. The molecule has 1 heterocycles. The van der Waals surface area contributed by atoms with Crippen molar-refractivity contribution in [3.05, 3.63) is 52.8 Å². The van der Waals surface area contributed by atoms with E-state index >= 15 is 0 Å². The average molecular weight is 321 g/mol. The van der Waals surface area contributed by atoms with Crippen LogP contribution in [0.5, 0.6) is 11.5 Å². The highest BCUT2D eigenvalue weighted by atomic mass is 79.9. The summed E-state index contributed by atoms with van der Waals surface area (Å²) in [5.41, 5.74) is 1.10. The minimum Gasteiger partial charge on any atom is -0.455 e. The Morgan fingerprint density at radius 1 is 1.21 bits per heavy atom. The van der Waals surface area contributed by atoms with Gasteiger partial charge in [-0.3, -0.25) is 4.98 Å². The Labute approximate surface area is 122 Å². The first-order chi connectivity index (χ1) is 9.15. The van der Waals surface area contributed by atoms with E-state index in [2.05, 4.69) is 40.1 Å². The Morgan fingerprint density at radius 3 is 2.63 bits per heavy atom. The predicted octanol–water partition coefficient (Wildman–Crippen LogP) is 4.13. The molecular formula is C15H17BrN2O. The highest BCUT2D eigenvalue weighted by Gasteiger charge is 2.05. The standard InChI is InChI=1S/C15H17BrN2O/c1-11(2)18-9-12-7-8-17-10-15(12)19-14-5-3-13(16)4-6-14/h3-8,10-11,18H,9H2,1-2H3. The largest absolute Gasteiger partial charge is 0.455 e. The molecule has 19 heavy (non-hydrogen) atoms. The van der Waals surface area contributed by atoms with Crippen LogP contribution in [0, 0.1) is 0 Å². The normalized spacial score (nSPS) is 10.7. The summed E-state index contributed by atoms with van der Waals surface area (Å²) in [6.07, 6.45) is 3.53. The first kappa shape index (κ1) is 14.0. The quantitative estimate of drug-likeness (QED) is 0.899. The molecule has 0 unspecified atom stereocenters. The lowest BCUT2D eigenvalue weighted by Crippen LogP contribution is -2.22. The second-order valence-corrected chi connectivity index (χ2v) is 5.49. The summed E-state index contributed by atoms with van der Waals surface area (Å²) in [4.78, 5) is 4.12. The highest BCUT2D eigenvalue weighted by molar-refractivity contribution is 9.10. The van der Waals surface area contributed by atoms with Crippen LogP contribution >= 0.6 is 15.9 Å². The fourth-order valence-electron chi connectivity index (χ4n) is 1.59. The van der Waals surface area contributed by atoms with E-state index in [0.717, 1.165) is 28.1 Å². The minimum atomic E-state index is 0.439. The van der Waals surface area contributed by atoms with Gasteiger partial charge in [0.25, 0.3) is 0 Å². The molecule has 1 N–H and O–H groups in total. The van der Waals surface area contributed by atoms with Gasteiger partial charge in [0.05, 0.1) is 6.20 Å². The summed E-state index contributed by atoms with van der Waals surface area (Å²) in [7, 11) is 0. The van der Waals surface area contributed by atoms with Crippen molar-refractivity contribution in [2.75, 3.05) is 0 Å². The molecule has 0 amide bonds. The van der Waals surface area contributed by atoms with E-state index in [1.807, 2.05) is 30.3 Å². The molecule has 0 radical (unpaired) electrons. The molecule has 2 rings (SSSR count). The number of rotatable bonds is 5. The lowest BCUT2D eigenvalue weighted by atomic mass is 10.2. The SMILES string of the molecule is CC(C)NCc1ccncc1Oc1ccc(Br)cc1. The molecule has 3 nitrogen and oxygen atoms in total. The fourth-order valence-corrected chi connectivity index (χ4v) is 1.85. The molecule has 1 aromatic heterocycles. The van der Waals surface area contributed by atoms with Crippen LogP contribution in [0.15, 0.2) is 47.2 Å². The topological polar surface area (TPSA) is 34.2 Å². The summed E-state index contributed by atoms with van der Waals surface area (Å²) in [6, 6.07) is 10.2. The fraction of sp³-hybridized carbons (Fsp3) is 0.267. The van der Waals surface area contributed by atoms with Crippen molar-refractivity contribution in [1.29, 1.82) is 0 Å². The van der Waals surface area contributed by atoms with E-state index in [9.17, 15) is 0 Å². The van der Waals surface area contributed by atoms with Gasteiger partial charge in [0.15, 0.2) is 0 Å². The molecule has 0 fully saturated rings. The third-order valence-corrected chi connectivity index (χ3v) is 3.14. The van der Waals surface area contributed by atoms with E-state index in [1.54, 1.807) is 12.4 Å². The van der Waals surface area contributed by atoms with Gasteiger partial charge in [-0.2, -0.15) is 0 Å². The Kier molecular flexibility index (Phi) is 4.93. The number of aromatic nitrogens is 1. The van der Waals surface area contributed by atoms with Gasteiger partial charge < -0.3 is 10.1 Å². The van der Waals surface area contributed by atoms with Crippen LogP contribution in [0.25, 0.3) is 0 Å². The molecule has 4 heteroatoms. The number of hydrogen-bond donors (Lipinski definition) is 1. The van der Waals surface area contributed by atoms with Crippen molar-refractivity contribution in [3.8, 4) is 11.5 Å². The number of benzene rings is 1. The van der Waals surface area contributed by atoms with Gasteiger partial charge in [0.2, 0.25) is 0 Å². The summed E-state index contributed by atoms with van der Waals surface area (Å²) in [5.74, 6) is 1.60. The van der Waals surface area contributed by atoms with Crippen molar-refractivity contribution in [1.82, 2.24) is 10.3 Å². The molecule has 0 saturated heterocycles. The lowest BCUT2D eigenvalue weighted by molar-refractivity contribution is 0.467. The molecule has 0 spiro atoms. The van der Waals surface area contributed by atoms with Crippen molar-refractivity contribution >= 4 is 15.9 Å². The minimum absolute atomic E-state index is 0.439. The van der Waals surface area contributed by atoms with Crippen LogP contribution in [0.2, 0.25) is 0 Å². The second-order valence-electron chi connectivity index (χ2n) is 4.57. The van der Waals surface area contributed by atoms with Gasteiger partial charge in [0, 0.05) is 28.8 Å². The summed E-state index contributed by atoms with van der Waals surface area (Å²) >= 11 is 3.41. The van der Waals surface area contributed by atoms with Gasteiger partial charge in [-0.15, -0.1) is 0 Å². The maximum absolute atomic E-state index is 5.87. The average Bonchev–Trinajstić information content (AvgIpc) is 2.40. The van der Waals surface area contributed by atoms with Gasteiger partial charge in [0.1, 0.15) is 11.5 Å².